The zero-order valence-electron chi connectivity index (χ0n) is 17.4. The van der Waals surface area contributed by atoms with Gasteiger partial charge in [0.2, 0.25) is 11.8 Å². The molecule has 0 aromatic heterocycles. The van der Waals surface area contributed by atoms with E-state index in [9.17, 15) is 9.59 Å². The highest BCUT2D eigenvalue weighted by atomic mass is 16.5. The van der Waals surface area contributed by atoms with Gasteiger partial charge >= 0.3 is 0 Å². The van der Waals surface area contributed by atoms with Gasteiger partial charge in [-0.3, -0.25) is 9.59 Å². The van der Waals surface area contributed by atoms with Crippen molar-refractivity contribution in [2.24, 2.45) is 5.92 Å². The zero-order valence-corrected chi connectivity index (χ0v) is 17.4. The first-order valence-electron chi connectivity index (χ1n) is 10.8. The van der Waals surface area contributed by atoms with Gasteiger partial charge < -0.3 is 14.5 Å². The van der Waals surface area contributed by atoms with Crippen LogP contribution in [0.15, 0.2) is 18.2 Å². The first-order valence-corrected chi connectivity index (χ1v) is 10.8. The van der Waals surface area contributed by atoms with E-state index in [0.717, 1.165) is 50.1 Å². The molecule has 5 heteroatoms. The SMILES string of the molecule is Cc1cccc(OCCC(=O)N2CCC(C(=O)N3CCCCCC3)CC2)c1C. The average molecular weight is 387 g/mol. The number of piperidine rings is 1. The molecule has 28 heavy (non-hydrogen) atoms. The monoisotopic (exact) mass is 386 g/mol. The number of carbonyl (C=O) groups excluding carboxylic acids is 2. The second-order valence-electron chi connectivity index (χ2n) is 8.19. The maximum absolute atomic E-state index is 12.8. The summed E-state index contributed by atoms with van der Waals surface area (Å²) in [5.74, 6) is 1.39. The van der Waals surface area contributed by atoms with Crippen LogP contribution in [0.25, 0.3) is 0 Å². The summed E-state index contributed by atoms with van der Waals surface area (Å²) in [6.45, 7) is 7.69. The molecule has 2 aliphatic rings. The molecule has 154 valence electrons. The van der Waals surface area contributed by atoms with Crippen LogP contribution in [0.1, 0.15) is 56.1 Å². The van der Waals surface area contributed by atoms with Crippen molar-refractivity contribution in [3.8, 4) is 5.75 Å². The van der Waals surface area contributed by atoms with Gasteiger partial charge in [0.1, 0.15) is 5.75 Å². The lowest BCUT2D eigenvalue weighted by atomic mass is 9.95. The van der Waals surface area contributed by atoms with E-state index in [4.69, 9.17) is 4.74 Å². The number of aryl methyl sites for hydroxylation is 1. The standard InChI is InChI=1S/C23H34N2O3/c1-18-8-7-9-21(19(18)2)28-17-12-22(26)24-15-10-20(11-16-24)23(27)25-13-5-3-4-6-14-25/h7-9,20H,3-6,10-17H2,1-2H3. The molecule has 3 rings (SSSR count). The fourth-order valence-electron chi connectivity index (χ4n) is 4.21. The van der Waals surface area contributed by atoms with Gasteiger partial charge in [-0.05, 0) is 56.7 Å². The fraction of sp³-hybridized carbons (Fsp3) is 0.652. The summed E-state index contributed by atoms with van der Waals surface area (Å²) >= 11 is 0. The normalized spacial score (nSPS) is 18.6. The predicted octanol–water partition coefficient (Wildman–Crippen LogP) is 3.71. The van der Waals surface area contributed by atoms with E-state index in [2.05, 4.69) is 17.9 Å². The Balaban J connectivity index is 1.41. The smallest absolute Gasteiger partial charge is 0.225 e. The molecule has 0 spiro atoms. The zero-order chi connectivity index (χ0) is 19.9. The van der Waals surface area contributed by atoms with Crippen LogP contribution < -0.4 is 4.74 Å². The minimum Gasteiger partial charge on any atom is -0.493 e. The molecule has 2 saturated heterocycles. The minimum atomic E-state index is 0.0911. The topological polar surface area (TPSA) is 49.9 Å². The predicted molar refractivity (Wildman–Crippen MR) is 110 cm³/mol. The average Bonchev–Trinajstić information content (AvgIpc) is 3.00. The van der Waals surface area contributed by atoms with E-state index in [1.165, 1.54) is 18.4 Å². The van der Waals surface area contributed by atoms with Gasteiger partial charge in [-0.25, -0.2) is 0 Å². The van der Waals surface area contributed by atoms with E-state index < -0.39 is 0 Å². The summed E-state index contributed by atoms with van der Waals surface area (Å²) in [6.07, 6.45) is 6.70. The number of benzene rings is 1. The van der Waals surface area contributed by atoms with E-state index in [1.807, 2.05) is 24.0 Å². The largest absolute Gasteiger partial charge is 0.493 e. The molecule has 2 amide bonds. The van der Waals surface area contributed by atoms with Crippen LogP contribution in [-0.4, -0.2) is 54.4 Å². The Hall–Kier alpha value is -2.04. The van der Waals surface area contributed by atoms with E-state index in [1.54, 1.807) is 0 Å². The summed E-state index contributed by atoms with van der Waals surface area (Å²) in [6, 6.07) is 5.99. The lowest BCUT2D eigenvalue weighted by Gasteiger charge is -2.34. The summed E-state index contributed by atoms with van der Waals surface area (Å²) < 4.78 is 5.82. The molecule has 2 aliphatic heterocycles. The third-order valence-electron chi connectivity index (χ3n) is 6.24. The highest BCUT2D eigenvalue weighted by Crippen LogP contribution is 2.23. The van der Waals surface area contributed by atoms with Gasteiger partial charge in [0.25, 0.3) is 0 Å². The van der Waals surface area contributed by atoms with Crippen molar-refractivity contribution in [3.63, 3.8) is 0 Å². The second kappa shape index (κ2) is 9.94. The Labute approximate surface area is 169 Å². The number of amides is 2. The molecule has 0 atom stereocenters. The van der Waals surface area contributed by atoms with Gasteiger partial charge in [-0.1, -0.05) is 25.0 Å². The van der Waals surface area contributed by atoms with Crippen molar-refractivity contribution in [2.45, 2.75) is 58.8 Å². The van der Waals surface area contributed by atoms with Gasteiger partial charge in [0.15, 0.2) is 0 Å². The Morgan fingerprint density at radius 1 is 0.964 bits per heavy atom. The maximum Gasteiger partial charge on any atom is 0.225 e. The minimum absolute atomic E-state index is 0.0911. The quantitative estimate of drug-likeness (QED) is 0.775. The van der Waals surface area contributed by atoms with Crippen molar-refractivity contribution < 1.29 is 14.3 Å². The second-order valence-corrected chi connectivity index (χ2v) is 8.19. The third-order valence-corrected chi connectivity index (χ3v) is 6.24. The van der Waals surface area contributed by atoms with E-state index in [0.29, 0.717) is 32.0 Å². The molecule has 0 unspecified atom stereocenters. The van der Waals surface area contributed by atoms with Crippen LogP contribution in [0.4, 0.5) is 0 Å². The first-order chi connectivity index (χ1) is 13.6. The molecule has 5 nitrogen and oxygen atoms in total. The van der Waals surface area contributed by atoms with Gasteiger partial charge in [-0.15, -0.1) is 0 Å². The van der Waals surface area contributed by atoms with Crippen molar-refractivity contribution in [3.05, 3.63) is 29.3 Å². The number of hydrogen-bond donors (Lipinski definition) is 0. The van der Waals surface area contributed by atoms with Crippen LogP contribution in [0, 0.1) is 19.8 Å². The summed E-state index contributed by atoms with van der Waals surface area (Å²) in [5.41, 5.74) is 2.32. The molecule has 0 aliphatic carbocycles. The summed E-state index contributed by atoms with van der Waals surface area (Å²) in [5, 5.41) is 0. The molecule has 0 bridgehead atoms. The van der Waals surface area contributed by atoms with Crippen molar-refractivity contribution in [1.82, 2.24) is 9.80 Å². The summed E-state index contributed by atoms with van der Waals surface area (Å²) in [4.78, 5) is 29.3. The van der Waals surface area contributed by atoms with Gasteiger partial charge in [0, 0.05) is 32.1 Å². The maximum atomic E-state index is 12.8. The molecular weight excluding hydrogens is 352 g/mol. The first kappa shape index (κ1) is 20.7. The van der Waals surface area contributed by atoms with Gasteiger partial charge in [-0.2, -0.15) is 0 Å². The molecule has 1 aromatic carbocycles. The molecular formula is C23H34N2O3. The molecule has 1 aromatic rings. The number of hydrogen-bond acceptors (Lipinski definition) is 3. The lowest BCUT2D eigenvalue weighted by molar-refractivity contribution is -0.141. The Morgan fingerprint density at radius 2 is 1.64 bits per heavy atom. The van der Waals surface area contributed by atoms with Crippen LogP contribution in [0.3, 0.4) is 0 Å². The van der Waals surface area contributed by atoms with E-state index >= 15 is 0 Å². The fourth-order valence-corrected chi connectivity index (χ4v) is 4.21. The van der Waals surface area contributed by atoms with Crippen molar-refractivity contribution in [2.75, 3.05) is 32.8 Å². The molecule has 0 N–H and O–H groups in total. The third kappa shape index (κ3) is 5.27. The van der Waals surface area contributed by atoms with Gasteiger partial charge in [0.05, 0.1) is 13.0 Å². The lowest BCUT2D eigenvalue weighted by Crippen LogP contribution is -2.44. The van der Waals surface area contributed by atoms with Crippen LogP contribution >= 0.6 is 0 Å². The van der Waals surface area contributed by atoms with Crippen LogP contribution in [0.2, 0.25) is 0 Å². The Kier molecular flexibility index (Phi) is 7.35. The number of likely N-dealkylation sites (tertiary alicyclic amines) is 2. The Bertz CT molecular complexity index is 672. The number of ether oxygens (including phenoxy) is 1. The molecule has 0 radical (unpaired) electrons. The molecule has 2 heterocycles. The molecule has 2 fully saturated rings. The number of nitrogens with zero attached hydrogens (tertiary/aromatic N) is 2. The van der Waals surface area contributed by atoms with Crippen LogP contribution in [-0.2, 0) is 9.59 Å². The summed E-state index contributed by atoms with van der Waals surface area (Å²) in [7, 11) is 0. The molecule has 0 saturated carbocycles. The van der Waals surface area contributed by atoms with Crippen LogP contribution in [0.5, 0.6) is 5.75 Å². The van der Waals surface area contributed by atoms with Crippen molar-refractivity contribution in [1.29, 1.82) is 0 Å². The number of carbonyl (C=O) groups is 2. The number of rotatable bonds is 5. The Morgan fingerprint density at radius 3 is 2.32 bits per heavy atom. The highest BCUT2D eigenvalue weighted by molar-refractivity contribution is 5.80. The highest BCUT2D eigenvalue weighted by Gasteiger charge is 2.30. The van der Waals surface area contributed by atoms with E-state index in [-0.39, 0.29) is 11.8 Å². The van der Waals surface area contributed by atoms with Crippen molar-refractivity contribution >= 4 is 11.8 Å².